The highest BCUT2D eigenvalue weighted by molar-refractivity contribution is 6.02. The van der Waals surface area contributed by atoms with Gasteiger partial charge in [-0.1, -0.05) is 5.16 Å². The van der Waals surface area contributed by atoms with Crippen molar-refractivity contribution in [2.75, 3.05) is 40.4 Å². The number of ether oxygens (including phenoxy) is 2. The summed E-state index contributed by atoms with van der Waals surface area (Å²) in [5, 5.41) is 10.9. The Labute approximate surface area is 204 Å². The van der Waals surface area contributed by atoms with Crippen LogP contribution in [0.5, 0.6) is 11.5 Å². The van der Waals surface area contributed by atoms with Crippen LogP contribution in [0.4, 0.5) is 0 Å². The molecular weight excluding hydrogens is 465 g/mol. The maximum Gasteiger partial charge on any atom is 0.171 e. The van der Waals surface area contributed by atoms with Gasteiger partial charge in [0.25, 0.3) is 0 Å². The van der Waals surface area contributed by atoms with E-state index < -0.39 is 0 Å². The van der Waals surface area contributed by atoms with Gasteiger partial charge in [0, 0.05) is 35.8 Å². The van der Waals surface area contributed by atoms with Crippen molar-refractivity contribution in [3.63, 3.8) is 0 Å². The molecule has 0 atom stereocenters. The third-order valence-corrected chi connectivity index (χ3v) is 5.35. The van der Waals surface area contributed by atoms with Gasteiger partial charge in [0.1, 0.15) is 28.9 Å². The van der Waals surface area contributed by atoms with Crippen molar-refractivity contribution < 1.29 is 14.0 Å². The van der Waals surface area contributed by atoms with Gasteiger partial charge in [0.15, 0.2) is 5.76 Å². The normalized spacial score (nSPS) is 14.2. The molecule has 0 radical (unpaired) electrons. The molecule has 8 nitrogen and oxygen atoms in total. The van der Waals surface area contributed by atoms with E-state index >= 15 is 0 Å². The zero-order valence-electron chi connectivity index (χ0n) is 18.3. The highest BCUT2D eigenvalue weighted by Gasteiger charge is 2.19. The van der Waals surface area contributed by atoms with Crippen LogP contribution in [-0.2, 0) is 0 Å². The molecule has 2 aliphatic rings. The lowest BCUT2D eigenvalue weighted by molar-refractivity contribution is 0.405. The van der Waals surface area contributed by atoms with E-state index in [9.17, 15) is 0 Å². The average molecular weight is 490 g/mol. The third-order valence-electron chi connectivity index (χ3n) is 5.35. The topological polar surface area (TPSA) is 93.3 Å². The zero-order valence-corrected chi connectivity index (χ0v) is 19.9. The molecule has 2 aliphatic heterocycles. The van der Waals surface area contributed by atoms with Gasteiger partial charge in [0.05, 0.1) is 32.9 Å². The molecule has 0 amide bonds. The van der Waals surface area contributed by atoms with Crippen LogP contribution in [0.15, 0.2) is 57.0 Å². The fourth-order valence-corrected chi connectivity index (χ4v) is 3.81. The first-order valence-corrected chi connectivity index (χ1v) is 10.2. The Morgan fingerprint density at radius 1 is 0.758 bits per heavy atom. The van der Waals surface area contributed by atoms with Crippen molar-refractivity contribution in [3.05, 3.63) is 53.6 Å². The maximum atomic E-state index is 5.74. The summed E-state index contributed by atoms with van der Waals surface area (Å²) in [6.45, 7) is 3.25. The van der Waals surface area contributed by atoms with Crippen molar-refractivity contribution in [2.24, 2.45) is 9.98 Å². The van der Waals surface area contributed by atoms with Crippen molar-refractivity contribution >= 4 is 36.5 Å². The summed E-state index contributed by atoms with van der Waals surface area (Å²) in [7, 11) is 3.29. The fraction of sp³-hybridized carbons (Fsp3) is 0.261. The number of hydrogen-bond donors (Lipinski definition) is 2. The van der Waals surface area contributed by atoms with Crippen molar-refractivity contribution in [2.45, 2.75) is 0 Å². The van der Waals surface area contributed by atoms with Crippen molar-refractivity contribution in [3.8, 4) is 34.1 Å². The summed E-state index contributed by atoms with van der Waals surface area (Å²) in [5.41, 5.74) is 4.30. The van der Waals surface area contributed by atoms with Crippen LogP contribution < -0.4 is 20.1 Å². The number of nitrogens with zero attached hydrogens (tertiary/aromatic N) is 3. The minimum atomic E-state index is 0. The number of amidine groups is 2. The maximum absolute atomic E-state index is 5.74. The van der Waals surface area contributed by atoms with Gasteiger partial charge in [-0.25, -0.2) is 0 Å². The molecule has 3 aromatic rings. The Morgan fingerprint density at radius 2 is 1.30 bits per heavy atom. The molecule has 0 saturated carbocycles. The van der Waals surface area contributed by atoms with E-state index in [0.717, 1.165) is 60.1 Å². The number of rotatable bonds is 6. The van der Waals surface area contributed by atoms with Gasteiger partial charge in [-0.05, 0) is 36.4 Å². The van der Waals surface area contributed by atoms with Crippen LogP contribution in [0.25, 0.3) is 22.6 Å². The standard InChI is InChI=1S/C23H23N5O3.2ClH/c1-29-19-5-3-14(22-24-7-8-25-22)11-16(19)18-13-21(31-28-18)17-12-15(4-6-20(17)30-2)23-26-9-10-27-23;;/h3-6,11-13H,7-10H2,1-2H3,(H,24,25)(H,26,27);2*1H. The Hall–Kier alpha value is -3.23. The SMILES string of the molecule is COc1ccc(C2=NCCN2)cc1-c1cc(-c2cc(C3=NCCN3)ccc2OC)on1.Cl.Cl. The monoisotopic (exact) mass is 489 g/mol. The molecule has 2 aromatic carbocycles. The Morgan fingerprint density at radius 3 is 1.82 bits per heavy atom. The smallest absolute Gasteiger partial charge is 0.171 e. The second kappa shape index (κ2) is 10.6. The quantitative estimate of drug-likeness (QED) is 0.549. The van der Waals surface area contributed by atoms with Crippen LogP contribution >= 0.6 is 24.8 Å². The average Bonchev–Trinajstić information content (AvgIpc) is 3.60. The largest absolute Gasteiger partial charge is 0.496 e. The lowest BCUT2D eigenvalue weighted by Gasteiger charge is -2.09. The molecule has 0 saturated heterocycles. The van der Waals surface area contributed by atoms with Crippen molar-refractivity contribution in [1.29, 1.82) is 0 Å². The molecule has 2 N–H and O–H groups in total. The Kier molecular flexibility index (Phi) is 7.84. The molecule has 0 fully saturated rings. The minimum Gasteiger partial charge on any atom is -0.496 e. The van der Waals surface area contributed by atoms with Gasteiger partial charge >= 0.3 is 0 Å². The molecule has 33 heavy (non-hydrogen) atoms. The number of hydrogen-bond acceptors (Lipinski definition) is 8. The highest BCUT2D eigenvalue weighted by atomic mass is 35.5. The fourth-order valence-electron chi connectivity index (χ4n) is 3.81. The number of aliphatic imine (C=N–C) groups is 2. The molecule has 0 spiro atoms. The van der Waals surface area contributed by atoms with Gasteiger partial charge < -0.3 is 24.6 Å². The van der Waals surface area contributed by atoms with Crippen LogP contribution in [-0.4, -0.2) is 57.2 Å². The summed E-state index contributed by atoms with van der Waals surface area (Å²) in [6.07, 6.45) is 0. The predicted octanol–water partition coefficient (Wildman–Crippen LogP) is 3.57. The van der Waals surface area contributed by atoms with Gasteiger partial charge in [-0.2, -0.15) is 0 Å². The summed E-state index contributed by atoms with van der Waals surface area (Å²) < 4.78 is 16.9. The molecule has 5 rings (SSSR count). The number of halogens is 2. The van der Waals surface area contributed by atoms with Crippen molar-refractivity contribution in [1.82, 2.24) is 15.8 Å². The van der Waals surface area contributed by atoms with Crippen LogP contribution in [0, 0.1) is 0 Å². The molecule has 3 heterocycles. The lowest BCUT2D eigenvalue weighted by Crippen LogP contribution is -2.19. The molecule has 1 aromatic heterocycles. The summed E-state index contributed by atoms with van der Waals surface area (Å²) in [5.74, 6) is 3.79. The van der Waals surface area contributed by atoms with Gasteiger partial charge in [0.2, 0.25) is 0 Å². The van der Waals surface area contributed by atoms with E-state index in [1.807, 2.05) is 42.5 Å². The Balaban J connectivity index is 0.00000153. The van der Waals surface area contributed by atoms with Gasteiger partial charge in [-0.15, -0.1) is 24.8 Å². The first-order chi connectivity index (χ1) is 15.3. The minimum absolute atomic E-state index is 0. The first kappa shape index (κ1) is 24.4. The Bertz CT molecular complexity index is 1100. The molecule has 174 valence electrons. The second-order valence-corrected chi connectivity index (χ2v) is 7.22. The van der Waals surface area contributed by atoms with Crippen LogP contribution in [0.3, 0.4) is 0 Å². The zero-order chi connectivity index (χ0) is 21.2. The van der Waals surface area contributed by atoms with E-state index in [0.29, 0.717) is 23.0 Å². The van der Waals surface area contributed by atoms with Crippen LogP contribution in [0.2, 0.25) is 0 Å². The lowest BCUT2D eigenvalue weighted by atomic mass is 10.0. The first-order valence-electron chi connectivity index (χ1n) is 10.2. The third kappa shape index (κ3) is 4.77. The number of aromatic nitrogens is 1. The molecule has 0 unspecified atom stereocenters. The highest BCUT2D eigenvalue weighted by Crippen LogP contribution is 2.36. The molecular formula is C23H25Cl2N5O3. The second-order valence-electron chi connectivity index (χ2n) is 7.22. The predicted molar refractivity (Wildman–Crippen MR) is 134 cm³/mol. The van der Waals surface area contributed by atoms with E-state index in [1.165, 1.54) is 0 Å². The van der Waals surface area contributed by atoms with Crippen LogP contribution in [0.1, 0.15) is 11.1 Å². The van der Waals surface area contributed by atoms with E-state index in [4.69, 9.17) is 14.0 Å². The molecule has 0 bridgehead atoms. The van der Waals surface area contributed by atoms with E-state index in [-0.39, 0.29) is 24.8 Å². The number of methoxy groups -OCH3 is 2. The summed E-state index contributed by atoms with van der Waals surface area (Å²) >= 11 is 0. The van der Waals surface area contributed by atoms with E-state index in [2.05, 4.69) is 25.8 Å². The molecule has 0 aliphatic carbocycles. The van der Waals surface area contributed by atoms with Gasteiger partial charge in [-0.3, -0.25) is 9.98 Å². The summed E-state index contributed by atoms with van der Waals surface area (Å²) in [6, 6.07) is 13.7. The molecule has 10 heteroatoms. The summed E-state index contributed by atoms with van der Waals surface area (Å²) in [4.78, 5) is 9.01. The number of nitrogens with one attached hydrogen (secondary N) is 2. The number of benzene rings is 2. The van der Waals surface area contributed by atoms with E-state index in [1.54, 1.807) is 14.2 Å².